The number of likely N-dealkylation sites (tertiary alicyclic amines) is 1. The molecule has 5 nitrogen and oxygen atoms in total. The maximum atomic E-state index is 13.1. The number of phenols is 1. The molecule has 2 N–H and O–H groups in total. The van der Waals surface area contributed by atoms with Gasteiger partial charge in [-0.3, -0.25) is 4.90 Å². The van der Waals surface area contributed by atoms with Gasteiger partial charge >= 0.3 is 0 Å². The van der Waals surface area contributed by atoms with Crippen LogP contribution in [-0.2, 0) is 18.3 Å². The molecule has 0 aromatic heterocycles. The predicted molar refractivity (Wildman–Crippen MR) is 142 cm³/mol. The van der Waals surface area contributed by atoms with Crippen LogP contribution in [-0.4, -0.2) is 58.5 Å². The predicted octanol–water partition coefficient (Wildman–Crippen LogP) is 4.25. The van der Waals surface area contributed by atoms with E-state index in [9.17, 15) is 10.2 Å². The van der Waals surface area contributed by atoms with Crippen molar-refractivity contribution in [1.82, 2.24) is 4.90 Å². The number of ether oxygens (including phenoxy) is 1. The zero-order valence-electron chi connectivity index (χ0n) is 21.0. The summed E-state index contributed by atoms with van der Waals surface area (Å²) in [4.78, 5) is 5.29. The Balaban J connectivity index is 1.23. The molecule has 3 fully saturated rings. The summed E-state index contributed by atoms with van der Waals surface area (Å²) in [5.41, 5.74) is 5.33. The van der Waals surface area contributed by atoms with Crippen molar-refractivity contribution < 1.29 is 14.9 Å². The molecule has 3 aromatic rings. The first-order valence-corrected chi connectivity index (χ1v) is 14.4. The van der Waals surface area contributed by atoms with Gasteiger partial charge in [0.2, 0.25) is 0 Å². The van der Waals surface area contributed by atoms with Gasteiger partial charge in [0.15, 0.2) is 11.5 Å². The standard InChI is InChI=1S/C32H32N2O3/c35-23-9-7-20-14-24-32(36)15-22-21-8-6-18-2-1-3-19-10-12-34(27(21)25(18)19)28(22)30-31(32,26(20)29(23)37-30)11-13-33(24)16-17-4-5-17/h1-3,6-9,17,22,24,28,30,35-36H,4-5,10-16H2/t22?,24-,28?,30?,31?,32-/m1/s1. The number of fused-ring (bicyclic) bond motifs is 4. The molecule has 4 aliphatic heterocycles. The molecular formula is C32H32N2O3. The fraction of sp³-hybridized carbons (Fsp3) is 0.500. The lowest BCUT2D eigenvalue weighted by atomic mass is 9.46. The number of rotatable bonds is 2. The number of aliphatic hydroxyl groups is 1. The Bertz CT molecular complexity index is 1550. The molecule has 188 valence electrons. The molecule has 2 bridgehead atoms. The second kappa shape index (κ2) is 6.27. The van der Waals surface area contributed by atoms with Gasteiger partial charge < -0.3 is 19.8 Å². The van der Waals surface area contributed by atoms with E-state index in [1.807, 2.05) is 6.07 Å². The molecule has 3 aliphatic carbocycles. The van der Waals surface area contributed by atoms with Crippen LogP contribution < -0.4 is 9.64 Å². The monoisotopic (exact) mass is 492 g/mol. The molecule has 7 aliphatic rings. The molecule has 5 heteroatoms. The molecule has 0 amide bonds. The smallest absolute Gasteiger partial charge is 0.165 e. The third-order valence-electron chi connectivity index (χ3n) is 11.6. The third kappa shape index (κ3) is 2.14. The summed E-state index contributed by atoms with van der Waals surface area (Å²) in [6, 6.07) is 15.6. The van der Waals surface area contributed by atoms with E-state index in [1.165, 1.54) is 46.0 Å². The van der Waals surface area contributed by atoms with Gasteiger partial charge in [-0.1, -0.05) is 36.4 Å². The first kappa shape index (κ1) is 20.2. The molecule has 2 saturated carbocycles. The van der Waals surface area contributed by atoms with Gasteiger partial charge in [-0.15, -0.1) is 0 Å². The summed E-state index contributed by atoms with van der Waals surface area (Å²) in [6.45, 7) is 3.11. The normalized spacial score (nSPS) is 37.9. The minimum absolute atomic E-state index is 0.107. The van der Waals surface area contributed by atoms with Crippen LogP contribution >= 0.6 is 0 Å². The van der Waals surface area contributed by atoms with E-state index in [0.29, 0.717) is 5.75 Å². The second-order valence-electron chi connectivity index (χ2n) is 13.1. The molecule has 0 radical (unpaired) electrons. The Hall–Kier alpha value is -2.76. The quantitative estimate of drug-likeness (QED) is 0.560. The van der Waals surface area contributed by atoms with E-state index in [-0.39, 0.29) is 29.9 Å². The molecule has 37 heavy (non-hydrogen) atoms. The van der Waals surface area contributed by atoms with Gasteiger partial charge in [0, 0.05) is 41.7 Å². The van der Waals surface area contributed by atoms with E-state index < -0.39 is 11.0 Å². The van der Waals surface area contributed by atoms with Crippen LogP contribution in [0, 0.1) is 5.92 Å². The van der Waals surface area contributed by atoms with E-state index >= 15 is 0 Å². The maximum absolute atomic E-state index is 13.1. The van der Waals surface area contributed by atoms with Gasteiger partial charge in [0.1, 0.15) is 6.10 Å². The van der Waals surface area contributed by atoms with Gasteiger partial charge in [-0.2, -0.15) is 0 Å². The summed E-state index contributed by atoms with van der Waals surface area (Å²) in [5, 5.41) is 26.9. The SMILES string of the molecule is Oc1ccc2c3c1OC1C4C(C[C@@]5(O)[C@@H](C2)N(CC2CC2)CCC315)c1ccc2cccc3c2c1N4CC3. The lowest BCUT2D eigenvalue weighted by molar-refractivity contribution is -0.193. The summed E-state index contributed by atoms with van der Waals surface area (Å²) in [6.07, 6.45) is 6.07. The Labute approximate surface area is 216 Å². The van der Waals surface area contributed by atoms with Crippen molar-refractivity contribution in [1.29, 1.82) is 0 Å². The van der Waals surface area contributed by atoms with Crippen LogP contribution in [0.3, 0.4) is 0 Å². The van der Waals surface area contributed by atoms with Gasteiger partial charge in [-0.25, -0.2) is 0 Å². The van der Waals surface area contributed by atoms with E-state index in [0.717, 1.165) is 56.8 Å². The van der Waals surface area contributed by atoms with Gasteiger partial charge in [-0.05, 0) is 79.1 Å². The molecular weight excluding hydrogens is 460 g/mol. The van der Waals surface area contributed by atoms with Crippen LogP contribution in [0.1, 0.15) is 53.9 Å². The molecule has 3 aromatic carbocycles. The minimum Gasteiger partial charge on any atom is -0.504 e. The van der Waals surface area contributed by atoms with Crippen LogP contribution in [0.15, 0.2) is 42.5 Å². The molecule has 1 saturated heterocycles. The number of nitrogens with zero attached hydrogens (tertiary/aromatic N) is 2. The number of anilines is 1. The number of phenolic OH excluding ortho intramolecular Hbond substituents is 1. The Morgan fingerprint density at radius 2 is 1.95 bits per heavy atom. The third-order valence-corrected chi connectivity index (χ3v) is 11.6. The van der Waals surface area contributed by atoms with E-state index in [2.05, 4.69) is 46.2 Å². The van der Waals surface area contributed by atoms with E-state index in [1.54, 1.807) is 0 Å². The van der Waals surface area contributed by atoms with Crippen molar-refractivity contribution >= 4 is 16.5 Å². The summed E-state index contributed by atoms with van der Waals surface area (Å²) in [7, 11) is 0. The maximum Gasteiger partial charge on any atom is 0.165 e. The van der Waals surface area contributed by atoms with E-state index in [4.69, 9.17) is 4.74 Å². The van der Waals surface area contributed by atoms with Crippen molar-refractivity contribution in [3.63, 3.8) is 0 Å². The Morgan fingerprint density at radius 3 is 2.84 bits per heavy atom. The minimum atomic E-state index is -0.867. The topological polar surface area (TPSA) is 56.2 Å². The van der Waals surface area contributed by atoms with Gasteiger partial charge in [0.05, 0.1) is 17.1 Å². The molecule has 6 atom stereocenters. The fourth-order valence-corrected chi connectivity index (χ4v) is 10.1. The highest BCUT2D eigenvalue weighted by Crippen LogP contribution is 2.70. The Morgan fingerprint density at radius 1 is 1.03 bits per heavy atom. The Kier molecular flexibility index (Phi) is 3.43. The number of hydrogen-bond donors (Lipinski definition) is 2. The summed E-state index contributed by atoms with van der Waals surface area (Å²) >= 11 is 0. The number of piperidine rings is 1. The lowest BCUT2D eigenvalue weighted by Gasteiger charge is -2.65. The van der Waals surface area contributed by atoms with Crippen molar-refractivity contribution in [2.24, 2.45) is 5.92 Å². The average Bonchev–Trinajstić information content (AvgIpc) is 3.56. The van der Waals surface area contributed by atoms with Crippen LogP contribution in [0.4, 0.5) is 5.69 Å². The van der Waals surface area contributed by atoms with Crippen LogP contribution in [0.5, 0.6) is 11.5 Å². The van der Waals surface area contributed by atoms with Crippen molar-refractivity contribution in [2.45, 2.75) is 73.6 Å². The fourth-order valence-electron chi connectivity index (χ4n) is 10.1. The first-order valence-electron chi connectivity index (χ1n) is 14.4. The number of benzene rings is 3. The summed E-state index contributed by atoms with van der Waals surface area (Å²) in [5.74, 6) is 1.93. The average molecular weight is 493 g/mol. The van der Waals surface area contributed by atoms with Crippen molar-refractivity contribution in [3.05, 3.63) is 64.7 Å². The largest absolute Gasteiger partial charge is 0.504 e. The van der Waals surface area contributed by atoms with Crippen molar-refractivity contribution in [2.75, 3.05) is 24.5 Å². The summed E-state index contributed by atoms with van der Waals surface area (Å²) < 4.78 is 6.94. The van der Waals surface area contributed by atoms with Gasteiger partial charge in [0.25, 0.3) is 0 Å². The number of hydrogen-bond acceptors (Lipinski definition) is 5. The second-order valence-corrected chi connectivity index (χ2v) is 13.1. The first-order chi connectivity index (χ1) is 18.1. The molecule has 10 rings (SSSR count). The zero-order valence-corrected chi connectivity index (χ0v) is 21.0. The lowest BCUT2D eigenvalue weighted by Crippen LogP contribution is -2.79. The van der Waals surface area contributed by atoms with Crippen LogP contribution in [0.2, 0.25) is 0 Å². The highest BCUT2D eigenvalue weighted by Gasteiger charge is 2.76. The molecule has 4 unspecified atom stereocenters. The van der Waals surface area contributed by atoms with Crippen molar-refractivity contribution in [3.8, 4) is 11.5 Å². The molecule has 1 spiro atoms. The number of aromatic hydroxyl groups is 1. The highest BCUT2D eigenvalue weighted by molar-refractivity contribution is 6.01. The van der Waals surface area contributed by atoms with Crippen LogP contribution in [0.25, 0.3) is 10.8 Å². The zero-order chi connectivity index (χ0) is 24.3. The molecule has 4 heterocycles. The highest BCUT2D eigenvalue weighted by atomic mass is 16.5.